The van der Waals surface area contributed by atoms with Gasteiger partial charge in [0, 0.05) is 32.6 Å². The van der Waals surface area contributed by atoms with E-state index in [1.54, 1.807) is 19.4 Å². The van der Waals surface area contributed by atoms with Crippen LogP contribution in [0.3, 0.4) is 0 Å². The molecule has 3 heterocycles. The summed E-state index contributed by atoms with van der Waals surface area (Å²) in [6.45, 7) is 6.14. The Kier molecular flexibility index (Phi) is 3.25. The summed E-state index contributed by atoms with van der Waals surface area (Å²) in [5, 5.41) is 7.82. The maximum Gasteiger partial charge on any atom is 0.219 e. The quantitative estimate of drug-likeness (QED) is 0.895. The average Bonchev–Trinajstić information content (AvgIpc) is 3.08. The van der Waals surface area contributed by atoms with Gasteiger partial charge in [-0.3, -0.25) is 9.89 Å². The first-order valence-corrected chi connectivity index (χ1v) is 6.87. The molecule has 0 saturated carbocycles. The van der Waals surface area contributed by atoms with Gasteiger partial charge in [-0.15, -0.1) is 0 Å². The van der Waals surface area contributed by atoms with Crippen LogP contribution in [0.1, 0.15) is 20.3 Å². The van der Waals surface area contributed by atoms with E-state index in [1.807, 2.05) is 4.90 Å². The zero-order valence-corrected chi connectivity index (χ0v) is 11.7. The SMILES string of the molecule is CCN(c1ncnc2[nH]ncc12)C1CCN(C(C)=O)C1. The number of hydrogen-bond acceptors (Lipinski definition) is 5. The van der Waals surface area contributed by atoms with Crippen molar-refractivity contribution in [3.05, 3.63) is 12.5 Å². The molecular weight excluding hydrogens is 256 g/mol. The van der Waals surface area contributed by atoms with Crippen molar-refractivity contribution < 1.29 is 4.79 Å². The molecule has 1 aliphatic heterocycles. The van der Waals surface area contributed by atoms with E-state index >= 15 is 0 Å². The maximum absolute atomic E-state index is 11.5. The lowest BCUT2D eigenvalue weighted by Crippen LogP contribution is -2.39. The van der Waals surface area contributed by atoms with Gasteiger partial charge in [-0.1, -0.05) is 0 Å². The number of likely N-dealkylation sites (tertiary alicyclic amines) is 1. The van der Waals surface area contributed by atoms with E-state index in [-0.39, 0.29) is 5.91 Å². The summed E-state index contributed by atoms with van der Waals surface area (Å²) in [4.78, 5) is 24.2. The summed E-state index contributed by atoms with van der Waals surface area (Å²) >= 11 is 0. The number of nitrogens with one attached hydrogen (secondary N) is 1. The Morgan fingerprint density at radius 1 is 1.55 bits per heavy atom. The van der Waals surface area contributed by atoms with Crippen LogP contribution >= 0.6 is 0 Å². The lowest BCUT2D eigenvalue weighted by molar-refractivity contribution is -0.127. The normalized spacial score (nSPS) is 18.7. The third kappa shape index (κ3) is 2.09. The third-order valence-corrected chi connectivity index (χ3v) is 3.89. The highest BCUT2D eigenvalue weighted by Crippen LogP contribution is 2.26. The van der Waals surface area contributed by atoms with Crippen LogP contribution in [0.2, 0.25) is 0 Å². The highest BCUT2D eigenvalue weighted by molar-refractivity contribution is 5.86. The minimum Gasteiger partial charge on any atom is -0.351 e. The molecule has 2 aromatic rings. The van der Waals surface area contributed by atoms with Crippen molar-refractivity contribution in [2.75, 3.05) is 24.5 Å². The van der Waals surface area contributed by atoms with Crippen LogP contribution in [0.25, 0.3) is 11.0 Å². The van der Waals surface area contributed by atoms with Gasteiger partial charge in [-0.25, -0.2) is 9.97 Å². The second-order valence-corrected chi connectivity index (χ2v) is 5.02. The molecule has 1 saturated heterocycles. The second-order valence-electron chi connectivity index (χ2n) is 5.02. The zero-order valence-electron chi connectivity index (χ0n) is 11.7. The van der Waals surface area contributed by atoms with E-state index in [2.05, 4.69) is 32.0 Å². The van der Waals surface area contributed by atoms with Crippen molar-refractivity contribution >= 4 is 22.8 Å². The molecule has 1 N–H and O–H groups in total. The number of H-pyrrole nitrogens is 1. The first kappa shape index (κ1) is 12.8. The number of carbonyl (C=O) groups excluding carboxylic acids is 1. The van der Waals surface area contributed by atoms with Gasteiger partial charge in [-0.2, -0.15) is 5.10 Å². The summed E-state index contributed by atoms with van der Waals surface area (Å²) in [6, 6.07) is 0.303. The maximum atomic E-state index is 11.5. The van der Waals surface area contributed by atoms with Crippen LogP contribution in [0.15, 0.2) is 12.5 Å². The molecule has 0 spiro atoms. The first-order chi connectivity index (χ1) is 9.70. The van der Waals surface area contributed by atoms with Gasteiger partial charge in [0.2, 0.25) is 5.91 Å². The minimum absolute atomic E-state index is 0.139. The lowest BCUT2D eigenvalue weighted by atomic mass is 10.2. The highest BCUT2D eigenvalue weighted by Gasteiger charge is 2.30. The van der Waals surface area contributed by atoms with Gasteiger partial charge in [0.05, 0.1) is 11.6 Å². The number of aromatic nitrogens is 4. The molecule has 7 nitrogen and oxygen atoms in total. The number of anilines is 1. The Morgan fingerprint density at radius 2 is 2.40 bits per heavy atom. The Morgan fingerprint density at radius 3 is 3.10 bits per heavy atom. The van der Waals surface area contributed by atoms with Crippen molar-refractivity contribution in [2.45, 2.75) is 26.3 Å². The van der Waals surface area contributed by atoms with E-state index in [0.29, 0.717) is 6.04 Å². The molecule has 3 rings (SSSR count). The monoisotopic (exact) mass is 274 g/mol. The summed E-state index contributed by atoms with van der Waals surface area (Å²) < 4.78 is 0. The molecule has 1 aliphatic rings. The zero-order chi connectivity index (χ0) is 14.1. The molecule has 106 valence electrons. The van der Waals surface area contributed by atoms with Gasteiger partial charge >= 0.3 is 0 Å². The fourth-order valence-corrected chi connectivity index (χ4v) is 2.84. The molecule has 1 fully saturated rings. The first-order valence-electron chi connectivity index (χ1n) is 6.87. The van der Waals surface area contributed by atoms with Crippen molar-refractivity contribution in [2.24, 2.45) is 0 Å². The summed E-state index contributed by atoms with van der Waals surface area (Å²) in [5.41, 5.74) is 0.745. The fourth-order valence-electron chi connectivity index (χ4n) is 2.84. The Hall–Kier alpha value is -2.18. The molecule has 0 aromatic carbocycles. The number of nitrogens with zero attached hydrogens (tertiary/aromatic N) is 5. The molecule has 1 amide bonds. The topological polar surface area (TPSA) is 78.0 Å². The average molecular weight is 274 g/mol. The van der Waals surface area contributed by atoms with Gasteiger partial charge in [0.15, 0.2) is 5.65 Å². The van der Waals surface area contributed by atoms with Gasteiger partial charge in [0.25, 0.3) is 0 Å². The van der Waals surface area contributed by atoms with Crippen molar-refractivity contribution in [3.8, 4) is 0 Å². The third-order valence-electron chi connectivity index (χ3n) is 3.89. The van der Waals surface area contributed by atoms with Crippen LogP contribution in [0.5, 0.6) is 0 Å². The molecular formula is C13H18N6O. The number of hydrogen-bond donors (Lipinski definition) is 1. The molecule has 0 aliphatic carbocycles. The Balaban J connectivity index is 1.91. The van der Waals surface area contributed by atoms with Crippen LogP contribution in [-0.4, -0.2) is 56.6 Å². The Bertz CT molecular complexity index is 624. The lowest BCUT2D eigenvalue weighted by Gasteiger charge is -2.29. The standard InChI is InChI=1S/C13H18N6O/c1-3-19(10-4-5-18(7-10)9(2)20)13-11-6-16-17-12(11)14-8-15-13/h6,8,10H,3-5,7H2,1-2H3,(H,14,15,16,17). The number of fused-ring (bicyclic) bond motifs is 1. The van der Waals surface area contributed by atoms with Gasteiger partial charge < -0.3 is 9.80 Å². The molecule has 7 heteroatoms. The number of aromatic amines is 1. The molecule has 2 aromatic heterocycles. The van der Waals surface area contributed by atoms with Gasteiger partial charge in [0.1, 0.15) is 12.1 Å². The fraction of sp³-hybridized carbons (Fsp3) is 0.538. The van der Waals surface area contributed by atoms with Crippen molar-refractivity contribution in [1.82, 2.24) is 25.1 Å². The van der Waals surface area contributed by atoms with Crippen LogP contribution < -0.4 is 4.90 Å². The Labute approximate surface area is 117 Å². The van der Waals surface area contributed by atoms with E-state index in [1.165, 1.54) is 0 Å². The smallest absolute Gasteiger partial charge is 0.219 e. The molecule has 1 unspecified atom stereocenters. The number of likely N-dealkylation sites (N-methyl/N-ethyl adjacent to an activating group) is 1. The van der Waals surface area contributed by atoms with Gasteiger partial charge in [-0.05, 0) is 13.3 Å². The molecule has 1 atom stereocenters. The molecule has 0 bridgehead atoms. The molecule has 20 heavy (non-hydrogen) atoms. The largest absolute Gasteiger partial charge is 0.351 e. The highest BCUT2D eigenvalue weighted by atomic mass is 16.2. The predicted molar refractivity (Wildman–Crippen MR) is 75.4 cm³/mol. The second kappa shape index (κ2) is 5.07. The minimum atomic E-state index is 0.139. The van der Waals surface area contributed by atoms with E-state index in [4.69, 9.17) is 0 Å². The number of carbonyl (C=O) groups is 1. The van der Waals surface area contributed by atoms with Crippen LogP contribution in [0.4, 0.5) is 5.82 Å². The van der Waals surface area contributed by atoms with Crippen LogP contribution in [-0.2, 0) is 4.79 Å². The number of rotatable bonds is 3. The van der Waals surface area contributed by atoms with E-state index < -0.39 is 0 Å². The summed E-state index contributed by atoms with van der Waals surface area (Å²) in [7, 11) is 0. The number of amides is 1. The van der Waals surface area contributed by atoms with Crippen LogP contribution in [0, 0.1) is 0 Å². The predicted octanol–water partition coefficient (Wildman–Crippen LogP) is 0.800. The van der Waals surface area contributed by atoms with E-state index in [0.717, 1.165) is 42.9 Å². The van der Waals surface area contributed by atoms with E-state index in [9.17, 15) is 4.79 Å². The molecule has 0 radical (unpaired) electrons. The summed E-state index contributed by atoms with van der Waals surface area (Å²) in [5.74, 6) is 1.03. The summed E-state index contributed by atoms with van der Waals surface area (Å²) in [6.07, 6.45) is 4.28. The van der Waals surface area contributed by atoms with Crippen molar-refractivity contribution in [3.63, 3.8) is 0 Å². The van der Waals surface area contributed by atoms with Crippen molar-refractivity contribution in [1.29, 1.82) is 0 Å².